The largest absolute Gasteiger partial charge is 0.497 e. The van der Waals surface area contributed by atoms with Crippen molar-refractivity contribution in [1.82, 2.24) is 0 Å². The van der Waals surface area contributed by atoms with Gasteiger partial charge >= 0.3 is 0 Å². The van der Waals surface area contributed by atoms with Crippen LogP contribution in [0.2, 0.25) is 0 Å². The van der Waals surface area contributed by atoms with E-state index >= 15 is 0 Å². The molecule has 0 saturated carbocycles. The van der Waals surface area contributed by atoms with E-state index in [0.717, 1.165) is 11.5 Å². The van der Waals surface area contributed by atoms with Gasteiger partial charge in [-0.3, -0.25) is 0 Å². The van der Waals surface area contributed by atoms with Crippen molar-refractivity contribution in [2.75, 3.05) is 19.4 Å². The fourth-order valence-electron chi connectivity index (χ4n) is 1.40. The van der Waals surface area contributed by atoms with E-state index in [-0.39, 0.29) is 0 Å². The van der Waals surface area contributed by atoms with Gasteiger partial charge in [0.05, 0.1) is 7.11 Å². The molecule has 0 amide bonds. The highest BCUT2D eigenvalue weighted by atomic mass is 32.2. The minimum atomic E-state index is 0.389. The molecule has 0 saturated heterocycles. The highest BCUT2D eigenvalue weighted by Crippen LogP contribution is 2.30. The molecule has 1 unspecified atom stereocenters. The lowest BCUT2D eigenvalue weighted by molar-refractivity contribution is 0.414. The van der Waals surface area contributed by atoms with Crippen molar-refractivity contribution in [1.29, 1.82) is 0 Å². The molecule has 1 rings (SSSR count). The van der Waals surface area contributed by atoms with E-state index in [1.54, 1.807) is 7.11 Å². The Morgan fingerprint density at radius 1 is 1.47 bits per heavy atom. The molecule has 2 N–H and O–H groups in total. The number of benzene rings is 1. The van der Waals surface area contributed by atoms with Gasteiger partial charge in [-0.05, 0) is 29.9 Å². The van der Waals surface area contributed by atoms with E-state index in [9.17, 15) is 0 Å². The first-order valence-corrected chi connectivity index (χ1v) is 6.32. The average Bonchev–Trinajstić information content (AvgIpc) is 2.30. The van der Waals surface area contributed by atoms with E-state index < -0.39 is 0 Å². The summed E-state index contributed by atoms with van der Waals surface area (Å²) in [6.07, 6.45) is 1.19. The molecule has 0 heterocycles. The highest BCUT2D eigenvalue weighted by Gasteiger charge is 2.09. The van der Waals surface area contributed by atoms with Crippen molar-refractivity contribution in [3.63, 3.8) is 0 Å². The predicted octanol–water partition coefficient (Wildman–Crippen LogP) is 2.84. The lowest BCUT2D eigenvalue weighted by Crippen LogP contribution is -2.09. The van der Waals surface area contributed by atoms with Crippen molar-refractivity contribution in [2.45, 2.75) is 18.6 Å². The van der Waals surface area contributed by atoms with Gasteiger partial charge in [0.2, 0.25) is 0 Å². The molecule has 84 valence electrons. The number of hydrogen-bond donors (Lipinski definition) is 1. The highest BCUT2D eigenvalue weighted by molar-refractivity contribution is 7.99. The quantitative estimate of drug-likeness (QED) is 0.808. The van der Waals surface area contributed by atoms with Gasteiger partial charge in [-0.2, -0.15) is 11.8 Å². The first-order valence-electron chi connectivity index (χ1n) is 5.27. The molecule has 1 atom stereocenters. The summed E-state index contributed by atoms with van der Waals surface area (Å²) in [6, 6.07) is 8.16. The lowest BCUT2D eigenvalue weighted by atomic mass is 10.1. The van der Waals surface area contributed by atoms with E-state index in [4.69, 9.17) is 10.5 Å². The maximum Gasteiger partial charge on any atom is 0.119 e. The van der Waals surface area contributed by atoms with Crippen LogP contribution in [-0.2, 0) is 0 Å². The molecule has 1 aromatic rings. The van der Waals surface area contributed by atoms with E-state index in [2.05, 4.69) is 19.1 Å². The van der Waals surface area contributed by atoms with Crippen LogP contribution in [0.5, 0.6) is 5.75 Å². The smallest absolute Gasteiger partial charge is 0.119 e. The maximum absolute atomic E-state index is 5.78. The van der Waals surface area contributed by atoms with Crippen LogP contribution in [0.25, 0.3) is 0 Å². The minimum absolute atomic E-state index is 0.389. The van der Waals surface area contributed by atoms with E-state index in [1.807, 2.05) is 23.9 Å². The fourth-order valence-corrected chi connectivity index (χ4v) is 2.40. The second-order valence-corrected chi connectivity index (χ2v) is 4.68. The van der Waals surface area contributed by atoms with Gasteiger partial charge in [0.15, 0.2) is 0 Å². The molecular weight excluding hydrogens is 206 g/mol. The van der Waals surface area contributed by atoms with Crippen molar-refractivity contribution < 1.29 is 4.74 Å². The maximum atomic E-state index is 5.78. The van der Waals surface area contributed by atoms with E-state index in [1.165, 1.54) is 12.0 Å². The first-order chi connectivity index (χ1) is 7.31. The summed E-state index contributed by atoms with van der Waals surface area (Å²) in [5.74, 6) is 2.06. The Labute approximate surface area is 96.2 Å². The molecule has 15 heavy (non-hydrogen) atoms. The van der Waals surface area contributed by atoms with Crippen LogP contribution in [0, 0.1) is 0 Å². The monoisotopic (exact) mass is 225 g/mol. The molecule has 0 aliphatic carbocycles. The molecule has 0 radical (unpaired) electrons. The molecule has 0 fully saturated rings. The van der Waals surface area contributed by atoms with Crippen molar-refractivity contribution >= 4 is 11.8 Å². The van der Waals surface area contributed by atoms with Crippen molar-refractivity contribution in [2.24, 2.45) is 5.73 Å². The second-order valence-electron chi connectivity index (χ2n) is 3.37. The molecule has 2 nitrogen and oxygen atoms in total. The summed E-state index contributed by atoms with van der Waals surface area (Å²) in [7, 11) is 1.69. The molecule has 1 aromatic carbocycles. The van der Waals surface area contributed by atoms with Gasteiger partial charge in [-0.1, -0.05) is 19.1 Å². The number of methoxy groups -OCH3 is 1. The SMILES string of the molecule is CCCSC(CN)c1cccc(OC)c1. The molecular formula is C12H19NOS. The number of rotatable bonds is 6. The summed E-state index contributed by atoms with van der Waals surface area (Å²) < 4.78 is 5.20. The third-order valence-electron chi connectivity index (χ3n) is 2.20. The summed E-state index contributed by atoms with van der Waals surface area (Å²) in [5.41, 5.74) is 7.03. The zero-order valence-corrected chi connectivity index (χ0v) is 10.2. The van der Waals surface area contributed by atoms with Crippen LogP contribution in [0.1, 0.15) is 24.2 Å². The van der Waals surface area contributed by atoms with Gasteiger partial charge in [0.25, 0.3) is 0 Å². The van der Waals surface area contributed by atoms with Crippen LogP contribution >= 0.6 is 11.8 Å². The third-order valence-corrected chi connectivity index (χ3v) is 3.71. The summed E-state index contributed by atoms with van der Waals surface area (Å²) in [6.45, 7) is 2.87. The molecule has 0 aliphatic rings. The predicted molar refractivity (Wildman–Crippen MR) is 67.5 cm³/mol. The number of thioether (sulfide) groups is 1. The van der Waals surface area contributed by atoms with Crippen molar-refractivity contribution in [3.05, 3.63) is 29.8 Å². The lowest BCUT2D eigenvalue weighted by Gasteiger charge is -2.15. The number of nitrogens with two attached hydrogens (primary N) is 1. The Bertz CT molecular complexity index is 291. The summed E-state index contributed by atoms with van der Waals surface area (Å²) in [4.78, 5) is 0. The first kappa shape index (κ1) is 12.4. The summed E-state index contributed by atoms with van der Waals surface area (Å²) >= 11 is 1.91. The topological polar surface area (TPSA) is 35.2 Å². The van der Waals surface area contributed by atoms with Gasteiger partial charge in [-0.25, -0.2) is 0 Å². The second kappa shape index (κ2) is 6.75. The van der Waals surface area contributed by atoms with Crippen LogP contribution < -0.4 is 10.5 Å². The van der Waals surface area contributed by atoms with Gasteiger partial charge < -0.3 is 10.5 Å². The summed E-state index contributed by atoms with van der Waals surface area (Å²) in [5, 5.41) is 0.389. The third kappa shape index (κ3) is 3.76. The van der Waals surface area contributed by atoms with Gasteiger partial charge in [0, 0.05) is 11.8 Å². The Kier molecular flexibility index (Phi) is 5.58. The molecule has 0 aromatic heterocycles. The van der Waals surface area contributed by atoms with Gasteiger partial charge in [0.1, 0.15) is 5.75 Å². The average molecular weight is 225 g/mol. The molecule has 0 spiro atoms. The van der Waals surface area contributed by atoms with Crippen LogP contribution in [0.15, 0.2) is 24.3 Å². The van der Waals surface area contributed by atoms with Crippen LogP contribution in [0.3, 0.4) is 0 Å². The molecule has 0 aliphatic heterocycles. The minimum Gasteiger partial charge on any atom is -0.497 e. The zero-order valence-electron chi connectivity index (χ0n) is 9.40. The van der Waals surface area contributed by atoms with Crippen LogP contribution in [-0.4, -0.2) is 19.4 Å². The molecule has 3 heteroatoms. The normalized spacial score (nSPS) is 12.5. The van der Waals surface area contributed by atoms with Crippen molar-refractivity contribution in [3.8, 4) is 5.75 Å². The number of hydrogen-bond acceptors (Lipinski definition) is 3. The fraction of sp³-hybridized carbons (Fsp3) is 0.500. The van der Waals surface area contributed by atoms with Gasteiger partial charge in [-0.15, -0.1) is 0 Å². The Hall–Kier alpha value is -0.670. The zero-order chi connectivity index (χ0) is 11.1. The Morgan fingerprint density at radius 3 is 2.87 bits per heavy atom. The van der Waals surface area contributed by atoms with Crippen LogP contribution in [0.4, 0.5) is 0 Å². The van der Waals surface area contributed by atoms with E-state index in [0.29, 0.717) is 11.8 Å². The Balaban J connectivity index is 2.72. The standard InChI is InChI=1S/C12H19NOS/c1-3-7-15-12(9-13)10-5-4-6-11(8-10)14-2/h4-6,8,12H,3,7,9,13H2,1-2H3. The number of ether oxygens (including phenoxy) is 1. The molecule has 0 bridgehead atoms. The Morgan fingerprint density at radius 2 is 2.27 bits per heavy atom.